The average molecular weight is 417 g/mol. The second kappa shape index (κ2) is 7.08. The predicted molar refractivity (Wildman–Crippen MR) is 118 cm³/mol. The molecule has 0 aromatic carbocycles. The topological polar surface area (TPSA) is 68.4 Å². The Kier molecular flexibility index (Phi) is 4.30. The van der Waals surface area contributed by atoms with Crippen molar-refractivity contribution in [3.63, 3.8) is 0 Å². The van der Waals surface area contributed by atoms with Crippen molar-refractivity contribution in [2.24, 2.45) is 23.2 Å². The summed E-state index contributed by atoms with van der Waals surface area (Å²) in [7, 11) is 0. The Morgan fingerprint density at radius 3 is 2.48 bits per heavy atom. The summed E-state index contributed by atoms with van der Waals surface area (Å²) >= 11 is 0. The van der Waals surface area contributed by atoms with Gasteiger partial charge in [0.15, 0.2) is 0 Å². The Hall–Kier alpha value is -2.89. The van der Waals surface area contributed by atoms with Crippen LogP contribution in [0.15, 0.2) is 53.6 Å². The molecule has 3 aromatic heterocycles. The average Bonchev–Trinajstić information content (AvgIpc) is 3.15. The molecular formula is C25H28N4O2. The summed E-state index contributed by atoms with van der Waals surface area (Å²) in [5, 5.41) is 3.27. The number of carbonyl (C=O) groups is 1. The maximum absolute atomic E-state index is 13.2. The lowest BCUT2D eigenvalue weighted by Gasteiger charge is -2.56. The van der Waals surface area contributed by atoms with Crippen LogP contribution in [-0.2, 0) is 6.54 Å². The largest absolute Gasteiger partial charge is 0.350 e. The van der Waals surface area contributed by atoms with Gasteiger partial charge in [0.25, 0.3) is 11.5 Å². The van der Waals surface area contributed by atoms with Crippen molar-refractivity contribution < 1.29 is 4.79 Å². The Morgan fingerprint density at radius 2 is 1.77 bits per heavy atom. The van der Waals surface area contributed by atoms with E-state index >= 15 is 0 Å². The van der Waals surface area contributed by atoms with Gasteiger partial charge in [-0.2, -0.15) is 0 Å². The summed E-state index contributed by atoms with van der Waals surface area (Å²) in [6.07, 6.45) is 11.7. The molecule has 31 heavy (non-hydrogen) atoms. The van der Waals surface area contributed by atoms with Gasteiger partial charge >= 0.3 is 0 Å². The highest BCUT2D eigenvalue weighted by Crippen LogP contribution is 2.59. The van der Waals surface area contributed by atoms with Crippen LogP contribution in [0.3, 0.4) is 0 Å². The van der Waals surface area contributed by atoms with Gasteiger partial charge in [-0.3, -0.25) is 14.0 Å². The van der Waals surface area contributed by atoms with Gasteiger partial charge in [0.1, 0.15) is 11.3 Å². The Labute approximate surface area is 181 Å². The molecule has 4 fully saturated rings. The fourth-order valence-electron chi connectivity index (χ4n) is 6.95. The first-order valence-electron chi connectivity index (χ1n) is 11.5. The molecule has 4 aliphatic carbocycles. The van der Waals surface area contributed by atoms with E-state index in [1.54, 1.807) is 22.9 Å². The number of aromatic nitrogens is 3. The van der Waals surface area contributed by atoms with Crippen LogP contribution in [0.5, 0.6) is 0 Å². The first kappa shape index (κ1) is 18.8. The van der Waals surface area contributed by atoms with E-state index in [0.29, 0.717) is 17.7 Å². The molecule has 7 rings (SSSR count). The van der Waals surface area contributed by atoms with Gasteiger partial charge in [-0.1, -0.05) is 12.1 Å². The molecule has 3 heterocycles. The molecular weight excluding hydrogens is 388 g/mol. The van der Waals surface area contributed by atoms with Crippen molar-refractivity contribution in [3.05, 3.63) is 70.5 Å². The molecule has 0 unspecified atom stereocenters. The zero-order chi connectivity index (χ0) is 21.0. The maximum atomic E-state index is 13.2. The van der Waals surface area contributed by atoms with Crippen molar-refractivity contribution >= 4 is 11.6 Å². The third-order valence-corrected chi connectivity index (χ3v) is 7.80. The van der Waals surface area contributed by atoms with E-state index in [-0.39, 0.29) is 11.5 Å². The second-order valence-electron chi connectivity index (χ2n) is 10.1. The number of rotatable bonds is 5. The highest BCUT2D eigenvalue weighted by molar-refractivity contribution is 5.93. The van der Waals surface area contributed by atoms with Crippen LogP contribution in [0.4, 0.5) is 0 Å². The van der Waals surface area contributed by atoms with Crippen LogP contribution in [0.25, 0.3) is 5.65 Å². The molecule has 0 atom stereocenters. The summed E-state index contributed by atoms with van der Waals surface area (Å²) in [6, 6.07) is 10.7. The van der Waals surface area contributed by atoms with E-state index in [9.17, 15) is 9.59 Å². The molecule has 4 bridgehead atoms. The van der Waals surface area contributed by atoms with E-state index in [4.69, 9.17) is 0 Å². The summed E-state index contributed by atoms with van der Waals surface area (Å²) in [6.45, 7) is 1.17. The molecule has 0 saturated heterocycles. The highest BCUT2D eigenvalue weighted by atomic mass is 16.2. The quantitative estimate of drug-likeness (QED) is 0.692. The van der Waals surface area contributed by atoms with Gasteiger partial charge in [0, 0.05) is 25.0 Å². The molecule has 6 heteroatoms. The van der Waals surface area contributed by atoms with Gasteiger partial charge in [-0.05, 0) is 79.9 Å². The minimum absolute atomic E-state index is 0.0397. The summed E-state index contributed by atoms with van der Waals surface area (Å²) < 4.78 is 3.47. The van der Waals surface area contributed by atoms with Crippen LogP contribution in [0.2, 0.25) is 0 Å². The zero-order valence-corrected chi connectivity index (χ0v) is 17.7. The number of nitrogens with one attached hydrogen (secondary N) is 1. The van der Waals surface area contributed by atoms with E-state index in [0.717, 1.165) is 35.6 Å². The molecule has 4 saturated carbocycles. The first-order valence-corrected chi connectivity index (χ1v) is 11.5. The van der Waals surface area contributed by atoms with Gasteiger partial charge in [0.2, 0.25) is 0 Å². The number of imidazole rings is 1. The number of amides is 1. The zero-order valence-electron chi connectivity index (χ0n) is 17.7. The Morgan fingerprint density at radius 1 is 1.03 bits per heavy atom. The molecule has 6 nitrogen and oxygen atoms in total. The maximum Gasteiger partial charge on any atom is 0.268 e. The third-order valence-electron chi connectivity index (χ3n) is 7.80. The Bertz CT molecular complexity index is 1170. The van der Waals surface area contributed by atoms with Crippen molar-refractivity contribution in [3.8, 4) is 0 Å². The van der Waals surface area contributed by atoms with Crippen LogP contribution in [0.1, 0.15) is 54.7 Å². The highest BCUT2D eigenvalue weighted by Gasteiger charge is 2.50. The first-order chi connectivity index (χ1) is 15.1. The van der Waals surface area contributed by atoms with E-state index in [2.05, 4.69) is 10.3 Å². The SMILES string of the molecule is O=C(NCC12CC3CC(CC(C3)C1)C2)c1cccc2nc(Cn3ccccc3=O)cn12. The van der Waals surface area contributed by atoms with Crippen molar-refractivity contribution in [1.29, 1.82) is 0 Å². The number of hydrogen-bond acceptors (Lipinski definition) is 3. The number of fused-ring (bicyclic) bond motifs is 1. The molecule has 0 aliphatic heterocycles. The minimum atomic E-state index is -0.0619. The molecule has 0 radical (unpaired) electrons. The number of pyridine rings is 2. The monoisotopic (exact) mass is 416 g/mol. The van der Waals surface area contributed by atoms with Crippen LogP contribution < -0.4 is 10.9 Å². The minimum Gasteiger partial charge on any atom is -0.350 e. The lowest BCUT2D eigenvalue weighted by molar-refractivity contribution is -0.0503. The van der Waals surface area contributed by atoms with Gasteiger partial charge < -0.3 is 9.88 Å². The molecule has 4 aliphatic rings. The summed E-state index contributed by atoms with van der Waals surface area (Å²) in [4.78, 5) is 29.8. The van der Waals surface area contributed by atoms with Gasteiger partial charge in [-0.25, -0.2) is 4.98 Å². The third kappa shape index (κ3) is 3.38. The molecule has 0 spiro atoms. The molecule has 160 valence electrons. The van der Waals surface area contributed by atoms with E-state index < -0.39 is 0 Å². The fraction of sp³-hybridized carbons (Fsp3) is 0.480. The summed E-state index contributed by atoms with van der Waals surface area (Å²) in [5.41, 5.74) is 2.33. The number of carbonyl (C=O) groups excluding carboxylic acids is 1. The molecule has 3 aromatic rings. The normalized spacial score (nSPS) is 28.8. The lowest BCUT2D eigenvalue weighted by atomic mass is 9.49. The summed E-state index contributed by atoms with van der Waals surface area (Å²) in [5.74, 6) is 2.60. The van der Waals surface area contributed by atoms with Gasteiger partial charge in [0.05, 0.1) is 12.2 Å². The number of nitrogens with zero attached hydrogens (tertiary/aromatic N) is 3. The van der Waals surface area contributed by atoms with Crippen molar-refractivity contribution in [2.75, 3.05) is 6.54 Å². The van der Waals surface area contributed by atoms with Crippen molar-refractivity contribution in [1.82, 2.24) is 19.3 Å². The van der Waals surface area contributed by atoms with Crippen LogP contribution >= 0.6 is 0 Å². The molecule has 1 amide bonds. The second-order valence-corrected chi connectivity index (χ2v) is 10.1. The van der Waals surface area contributed by atoms with E-state index in [1.165, 1.54) is 38.5 Å². The van der Waals surface area contributed by atoms with Gasteiger partial charge in [-0.15, -0.1) is 0 Å². The van der Waals surface area contributed by atoms with Crippen molar-refractivity contribution in [2.45, 2.75) is 45.1 Å². The number of hydrogen-bond donors (Lipinski definition) is 1. The smallest absolute Gasteiger partial charge is 0.268 e. The van der Waals surface area contributed by atoms with E-state index in [1.807, 2.05) is 34.9 Å². The van der Waals surface area contributed by atoms with Crippen LogP contribution in [0, 0.1) is 23.2 Å². The predicted octanol–water partition coefficient (Wildman–Crippen LogP) is 3.49. The Balaban J connectivity index is 1.22. The lowest BCUT2D eigenvalue weighted by Crippen LogP contribution is -2.51. The fourth-order valence-corrected chi connectivity index (χ4v) is 6.95. The van der Waals surface area contributed by atoms with Crippen LogP contribution in [-0.4, -0.2) is 26.4 Å². The molecule has 1 N–H and O–H groups in total. The standard InChI is InChI=1S/C25H28N4O2/c30-23-6-1-2-7-28(23)14-20-15-29-21(4-3-5-22(29)27-20)24(31)26-16-25-11-17-8-18(12-25)10-19(9-17)13-25/h1-7,15,17-19H,8-14,16H2,(H,26,31).